The second-order valence-electron chi connectivity index (χ2n) is 7.68. The second-order valence-corrected chi connectivity index (χ2v) is 9.33. The molecule has 1 saturated carbocycles. The molecule has 2 aliphatic carbocycles. The zero-order valence-electron chi connectivity index (χ0n) is 16.8. The number of nitrogens with zero attached hydrogens (tertiary/aromatic N) is 1. The van der Waals surface area contributed by atoms with Crippen molar-refractivity contribution < 1.29 is 13.2 Å². The summed E-state index contributed by atoms with van der Waals surface area (Å²) in [4.78, 5) is 16.9. The third-order valence-corrected chi connectivity index (χ3v) is 6.95. The van der Waals surface area contributed by atoms with Gasteiger partial charge in [0.2, 0.25) is 0 Å². The predicted octanol–water partition coefficient (Wildman–Crippen LogP) is 4.72. The average Bonchev–Trinajstić information content (AvgIpc) is 3.20. The number of fused-ring (bicyclic) bond motifs is 2. The van der Waals surface area contributed by atoms with Crippen molar-refractivity contribution in [2.24, 2.45) is 0 Å². The van der Waals surface area contributed by atoms with E-state index in [1.165, 1.54) is 17.8 Å². The molecule has 2 aromatic rings. The number of benzene rings is 1. The first kappa shape index (κ1) is 20.3. The molecule has 0 aliphatic heterocycles. The van der Waals surface area contributed by atoms with Crippen LogP contribution in [-0.2, 0) is 10.0 Å². The van der Waals surface area contributed by atoms with Crippen LogP contribution in [0.15, 0.2) is 76.5 Å². The Labute approximate surface area is 176 Å². The molecule has 156 valence electrons. The van der Waals surface area contributed by atoms with Gasteiger partial charge in [-0.2, -0.15) is 0 Å². The number of nitrogens with one attached hydrogen (secondary N) is 2. The van der Waals surface area contributed by atoms with Crippen molar-refractivity contribution in [3.8, 4) is 0 Å². The van der Waals surface area contributed by atoms with Gasteiger partial charge in [-0.3, -0.25) is 4.98 Å². The van der Waals surface area contributed by atoms with Crippen LogP contribution >= 0.6 is 0 Å². The first-order valence-electron chi connectivity index (χ1n) is 10.2. The van der Waals surface area contributed by atoms with Crippen LogP contribution in [0.2, 0.25) is 0 Å². The van der Waals surface area contributed by atoms with E-state index in [-0.39, 0.29) is 4.90 Å². The van der Waals surface area contributed by atoms with Crippen LogP contribution in [0.5, 0.6) is 0 Å². The maximum atomic E-state index is 12.9. The standard InChI is InChI=1S/C23H25N3O3S/c1-16-8-3-2-4-9-17-10-5-13-19(17)21(16)25-23(27)26-30(28,29)20-14-6-11-18-12-7-15-24-22(18)20/h6-7,9,11-12,14-15H,1-5,8,10,13H2,(H2,25,26,27)/b17-9-,21-19+. The average molecular weight is 424 g/mol. The Morgan fingerprint density at radius 2 is 1.87 bits per heavy atom. The number of carbonyl (C=O) groups is 1. The Morgan fingerprint density at radius 1 is 1.03 bits per heavy atom. The summed E-state index contributed by atoms with van der Waals surface area (Å²) in [7, 11) is -4.09. The monoisotopic (exact) mass is 423 g/mol. The quantitative estimate of drug-likeness (QED) is 0.748. The first-order valence-corrected chi connectivity index (χ1v) is 11.7. The van der Waals surface area contributed by atoms with E-state index in [4.69, 9.17) is 0 Å². The highest BCUT2D eigenvalue weighted by Gasteiger charge is 2.25. The van der Waals surface area contributed by atoms with Crippen LogP contribution < -0.4 is 10.0 Å². The molecule has 30 heavy (non-hydrogen) atoms. The van der Waals surface area contributed by atoms with Crippen LogP contribution in [0.3, 0.4) is 0 Å². The number of para-hydroxylation sites is 1. The molecule has 2 amide bonds. The lowest BCUT2D eigenvalue weighted by Crippen LogP contribution is -2.39. The van der Waals surface area contributed by atoms with Gasteiger partial charge in [-0.1, -0.05) is 30.9 Å². The molecule has 1 aromatic heterocycles. The first-order chi connectivity index (χ1) is 14.5. The van der Waals surface area contributed by atoms with Crippen molar-refractivity contribution in [3.05, 3.63) is 71.6 Å². The fraction of sp³-hybridized carbons (Fsp3) is 0.304. The molecule has 0 spiro atoms. The molecule has 4 rings (SSSR count). The van der Waals surface area contributed by atoms with Crippen molar-refractivity contribution in [3.63, 3.8) is 0 Å². The van der Waals surface area contributed by atoms with Crippen molar-refractivity contribution in [1.82, 2.24) is 15.0 Å². The Kier molecular flexibility index (Phi) is 5.72. The van der Waals surface area contributed by atoms with Gasteiger partial charge in [0.15, 0.2) is 0 Å². The highest BCUT2D eigenvalue weighted by Crippen LogP contribution is 2.36. The number of urea groups is 1. The maximum Gasteiger partial charge on any atom is 0.333 e. The molecular weight excluding hydrogens is 398 g/mol. The second kappa shape index (κ2) is 8.44. The summed E-state index contributed by atoms with van der Waals surface area (Å²) in [6.45, 7) is 4.16. The summed E-state index contributed by atoms with van der Waals surface area (Å²) in [6, 6.07) is 7.60. The number of sulfonamides is 1. The lowest BCUT2D eigenvalue weighted by Gasteiger charge is -2.17. The Morgan fingerprint density at radius 3 is 2.73 bits per heavy atom. The Hall–Kier alpha value is -2.93. The van der Waals surface area contributed by atoms with Crippen molar-refractivity contribution in [2.45, 2.75) is 49.8 Å². The molecule has 6 nitrogen and oxygen atoms in total. The van der Waals surface area contributed by atoms with Gasteiger partial charge in [-0.05, 0) is 73.8 Å². The van der Waals surface area contributed by atoms with E-state index in [1.807, 2.05) is 0 Å². The third kappa shape index (κ3) is 4.16. The number of pyridine rings is 1. The molecule has 1 aromatic carbocycles. The van der Waals surface area contributed by atoms with Gasteiger partial charge in [-0.25, -0.2) is 17.9 Å². The van der Waals surface area contributed by atoms with Gasteiger partial charge in [-0.15, -0.1) is 0 Å². The van der Waals surface area contributed by atoms with E-state index in [0.717, 1.165) is 56.1 Å². The fourth-order valence-corrected chi connectivity index (χ4v) is 5.24. The molecule has 1 heterocycles. The SMILES string of the molecule is C=C1CCCC/C=C2/CCC/C2=C/1NC(=O)NS(=O)(=O)c1cccc2cccnc12. The lowest BCUT2D eigenvalue weighted by molar-refractivity contribution is 0.248. The number of carbonyl (C=O) groups excluding carboxylic acids is 1. The maximum absolute atomic E-state index is 12.9. The highest BCUT2D eigenvalue weighted by atomic mass is 32.2. The smallest absolute Gasteiger partial charge is 0.307 e. The van der Waals surface area contributed by atoms with E-state index in [9.17, 15) is 13.2 Å². The van der Waals surface area contributed by atoms with E-state index in [0.29, 0.717) is 16.6 Å². The van der Waals surface area contributed by atoms with Crippen molar-refractivity contribution >= 4 is 27.0 Å². The van der Waals surface area contributed by atoms with Crippen LogP contribution in [-0.4, -0.2) is 19.4 Å². The molecule has 2 aliphatic rings. The minimum Gasteiger partial charge on any atom is -0.307 e. The summed E-state index contributed by atoms with van der Waals surface area (Å²) in [5.74, 6) is 0. The molecule has 7 heteroatoms. The minimum atomic E-state index is -4.09. The molecule has 0 atom stereocenters. The number of hydrogen-bond donors (Lipinski definition) is 2. The molecule has 1 fully saturated rings. The van der Waals surface area contributed by atoms with Crippen LogP contribution in [0.4, 0.5) is 4.79 Å². The van der Waals surface area contributed by atoms with Gasteiger partial charge >= 0.3 is 6.03 Å². The Balaban J connectivity index is 1.61. The van der Waals surface area contributed by atoms with Gasteiger partial charge in [0.25, 0.3) is 10.0 Å². The van der Waals surface area contributed by atoms with Crippen molar-refractivity contribution in [2.75, 3.05) is 0 Å². The lowest BCUT2D eigenvalue weighted by atomic mass is 10.0. The van der Waals surface area contributed by atoms with Crippen LogP contribution in [0.25, 0.3) is 10.9 Å². The van der Waals surface area contributed by atoms with Gasteiger partial charge in [0, 0.05) is 17.3 Å². The van der Waals surface area contributed by atoms with E-state index in [2.05, 4.69) is 27.7 Å². The normalized spacial score (nSPS) is 21.7. The van der Waals surface area contributed by atoms with Gasteiger partial charge in [0.05, 0.1) is 5.52 Å². The highest BCUT2D eigenvalue weighted by molar-refractivity contribution is 7.90. The van der Waals surface area contributed by atoms with E-state index < -0.39 is 16.1 Å². The Bertz CT molecular complexity index is 1170. The number of allylic oxidation sites excluding steroid dienone is 4. The van der Waals surface area contributed by atoms with Crippen molar-refractivity contribution in [1.29, 1.82) is 0 Å². The molecule has 0 unspecified atom stereocenters. The molecule has 2 N–H and O–H groups in total. The van der Waals surface area contributed by atoms with Gasteiger partial charge < -0.3 is 5.32 Å². The van der Waals surface area contributed by atoms with E-state index >= 15 is 0 Å². The largest absolute Gasteiger partial charge is 0.333 e. The summed E-state index contributed by atoms with van der Waals surface area (Å²) < 4.78 is 28.0. The van der Waals surface area contributed by atoms with E-state index in [1.54, 1.807) is 24.3 Å². The fourth-order valence-electron chi connectivity index (χ4n) is 4.15. The zero-order chi connectivity index (χ0) is 21.1. The number of aromatic nitrogens is 1. The summed E-state index contributed by atoms with van der Waals surface area (Å²) in [5, 5.41) is 3.49. The zero-order valence-corrected chi connectivity index (χ0v) is 17.6. The molecule has 0 saturated heterocycles. The summed E-state index contributed by atoms with van der Waals surface area (Å²) in [5.41, 5.74) is 4.18. The number of amides is 2. The summed E-state index contributed by atoms with van der Waals surface area (Å²) in [6.07, 6.45) is 10.5. The minimum absolute atomic E-state index is 0.0249. The molecular formula is C23H25N3O3S. The molecule has 0 radical (unpaired) electrons. The third-order valence-electron chi connectivity index (χ3n) is 5.59. The van der Waals surface area contributed by atoms with Crippen LogP contribution in [0.1, 0.15) is 44.9 Å². The number of rotatable bonds is 3. The topological polar surface area (TPSA) is 88.2 Å². The molecule has 0 bridgehead atoms. The van der Waals surface area contributed by atoms with Crippen LogP contribution in [0, 0.1) is 0 Å². The number of hydrogen-bond acceptors (Lipinski definition) is 4. The predicted molar refractivity (Wildman–Crippen MR) is 117 cm³/mol. The summed E-state index contributed by atoms with van der Waals surface area (Å²) >= 11 is 0. The van der Waals surface area contributed by atoms with Gasteiger partial charge in [0.1, 0.15) is 4.90 Å².